The summed E-state index contributed by atoms with van der Waals surface area (Å²) in [4.78, 5) is 0. The van der Waals surface area contributed by atoms with Crippen LogP contribution in [0.5, 0.6) is 5.75 Å². The number of nitrogens with one attached hydrogen (secondary N) is 1. The largest absolute Gasteiger partial charge is 0.497 e. The van der Waals surface area contributed by atoms with E-state index in [4.69, 9.17) is 4.74 Å². The lowest BCUT2D eigenvalue weighted by Gasteiger charge is -2.24. The Kier molecular flexibility index (Phi) is 3.49. The van der Waals surface area contributed by atoms with E-state index in [1.807, 2.05) is 19.2 Å². The number of hydrogen-bond donors (Lipinski definition) is 1. The highest BCUT2D eigenvalue weighted by atomic mass is 16.5. The van der Waals surface area contributed by atoms with Gasteiger partial charge in [0.2, 0.25) is 0 Å². The molecular formula is C14H21NO. The number of rotatable bonds is 5. The summed E-state index contributed by atoms with van der Waals surface area (Å²) in [7, 11) is 3.76. The first-order valence-electron chi connectivity index (χ1n) is 6.07. The molecule has 1 saturated carbocycles. The van der Waals surface area contributed by atoms with Gasteiger partial charge in [0.1, 0.15) is 5.75 Å². The van der Waals surface area contributed by atoms with Crippen LogP contribution in [0.4, 0.5) is 0 Å². The first kappa shape index (κ1) is 11.5. The van der Waals surface area contributed by atoms with Crippen LogP contribution in [0.3, 0.4) is 0 Å². The molecule has 2 rings (SSSR count). The molecule has 0 aliphatic heterocycles. The van der Waals surface area contributed by atoms with Crippen LogP contribution >= 0.6 is 0 Å². The van der Waals surface area contributed by atoms with E-state index in [9.17, 15) is 0 Å². The highest BCUT2D eigenvalue weighted by Gasteiger charge is 2.33. The number of benzene rings is 1. The van der Waals surface area contributed by atoms with E-state index >= 15 is 0 Å². The molecule has 0 bridgehead atoms. The Morgan fingerprint density at radius 1 is 1.25 bits per heavy atom. The van der Waals surface area contributed by atoms with Crippen LogP contribution in [0, 0.1) is 11.8 Å². The number of ether oxygens (including phenoxy) is 1. The average Bonchev–Trinajstić information content (AvgIpc) is 3.14. The second-order valence-electron chi connectivity index (χ2n) is 4.74. The highest BCUT2D eigenvalue weighted by molar-refractivity contribution is 5.29. The van der Waals surface area contributed by atoms with Crippen molar-refractivity contribution in [3.63, 3.8) is 0 Å². The second-order valence-corrected chi connectivity index (χ2v) is 4.74. The van der Waals surface area contributed by atoms with E-state index in [0.29, 0.717) is 6.04 Å². The van der Waals surface area contributed by atoms with Gasteiger partial charge in [-0.1, -0.05) is 19.1 Å². The van der Waals surface area contributed by atoms with Gasteiger partial charge in [0.25, 0.3) is 0 Å². The maximum atomic E-state index is 5.18. The molecule has 2 unspecified atom stereocenters. The van der Waals surface area contributed by atoms with Crippen molar-refractivity contribution in [1.29, 1.82) is 0 Å². The molecule has 0 radical (unpaired) electrons. The van der Waals surface area contributed by atoms with Crippen molar-refractivity contribution in [2.24, 2.45) is 11.8 Å². The van der Waals surface area contributed by atoms with E-state index in [0.717, 1.165) is 17.6 Å². The molecule has 0 heterocycles. The minimum Gasteiger partial charge on any atom is -0.497 e. The molecule has 0 saturated heterocycles. The molecule has 1 aliphatic rings. The lowest BCUT2D eigenvalue weighted by atomic mass is 9.91. The van der Waals surface area contributed by atoms with Crippen LogP contribution in [-0.4, -0.2) is 14.2 Å². The van der Waals surface area contributed by atoms with E-state index in [1.54, 1.807) is 7.11 Å². The van der Waals surface area contributed by atoms with Crippen molar-refractivity contribution in [2.45, 2.75) is 25.8 Å². The molecule has 16 heavy (non-hydrogen) atoms. The number of hydrogen-bond acceptors (Lipinski definition) is 2. The zero-order chi connectivity index (χ0) is 11.5. The second kappa shape index (κ2) is 4.88. The third-order valence-corrected chi connectivity index (χ3v) is 3.68. The molecule has 1 N–H and O–H groups in total. The summed E-state index contributed by atoms with van der Waals surface area (Å²) in [5.41, 5.74) is 1.36. The van der Waals surface area contributed by atoms with Crippen LogP contribution in [0.15, 0.2) is 24.3 Å². The Hall–Kier alpha value is -1.02. The molecular weight excluding hydrogens is 198 g/mol. The summed E-state index contributed by atoms with van der Waals surface area (Å²) < 4.78 is 5.18. The van der Waals surface area contributed by atoms with Gasteiger partial charge in [-0.15, -0.1) is 0 Å². The standard InChI is InChI=1S/C14H21NO/c1-10(11-4-5-11)14(15-2)12-6-8-13(16-3)9-7-12/h6-11,14-15H,4-5H2,1-3H3. The topological polar surface area (TPSA) is 21.3 Å². The smallest absolute Gasteiger partial charge is 0.118 e. The van der Waals surface area contributed by atoms with Gasteiger partial charge in [0, 0.05) is 6.04 Å². The summed E-state index contributed by atoms with van der Waals surface area (Å²) >= 11 is 0. The SMILES string of the molecule is CNC(c1ccc(OC)cc1)C(C)C1CC1. The molecule has 2 nitrogen and oxygen atoms in total. The van der Waals surface area contributed by atoms with Gasteiger partial charge in [-0.3, -0.25) is 0 Å². The van der Waals surface area contributed by atoms with E-state index in [2.05, 4.69) is 24.4 Å². The molecule has 2 atom stereocenters. The summed E-state index contributed by atoms with van der Waals surface area (Å²) in [5, 5.41) is 3.44. The van der Waals surface area contributed by atoms with Crippen molar-refractivity contribution in [3.8, 4) is 5.75 Å². The fourth-order valence-corrected chi connectivity index (χ4v) is 2.44. The van der Waals surface area contributed by atoms with Gasteiger partial charge in [-0.2, -0.15) is 0 Å². The third kappa shape index (κ3) is 2.38. The van der Waals surface area contributed by atoms with E-state index in [-0.39, 0.29) is 0 Å². The summed E-state index contributed by atoms with van der Waals surface area (Å²) in [6.45, 7) is 2.35. The van der Waals surface area contributed by atoms with Crippen LogP contribution in [0.25, 0.3) is 0 Å². The van der Waals surface area contributed by atoms with Crippen molar-refractivity contribution >= 4 is 0 Å². The zero-order valence-corrected chi connectivity index (χ0v) is 10.4. The Morgan fingerprint density at radius 3 is 2.31 bits per heavy atom. The molecule has 0 aromatic heterocycles. The van der Waals surface area contributed by atoms with Gasteiger partial charge in [0.05, 0.1) is 7.11 Å². The minimum absolute atomic E-state index is 0.471. The van der Waals surface area contributed by atoms with Crippen LogP contribution in [0.2, 0.25) is 0 Å². The summed E-state index contributed by atoms with van der Waals surface area (Å²) in [6.07, 6.45) is 2.80. The lowest BCUT2D eigenvalue weighted by Crippen LogP contribution is -2.24. The molecule has 2 heteroatoms. The Labute approximate surface area is 98.0 Å². The monoisotopic (exact) mass is 219 g/mol. The minimum atomic E-state index is 0.471. The Bertz CT molecular complexity index is 329. The van der Waals surface area contributed by atoms with Crippen molar-refractivity contribution in [2.75, 3.05) is 14.2 Å². The third-order valence-electron chi connectivity index (χ3n) is 3.68. The van der Waals surface area contributed by atoms with E-state index < -0.39 is 0 Å². The van der Waals surface area contributed by atoms with Crippen LogP contribution in [0.1, 0.15) is 31.4 Å². The molecule has 1 aliphatic carbocycles. The van der Waals surface area contributed by atoms with Crippen LogP contribution in [-0.2, 0) is 0 Å². The number of methoxy groups -OCH3 is 1. The molecule has 1 aromatic rings. The predicted octanol–water partition coefficient (Wildman–Crippen LogP) is 3.00. The van der Waals surface area contributed by atoms with Crippen molar-refractivity contribution in [1.82, 2.24) is 5.32 Å². The molecule has 0 spiro atoms. The van der Waals surface area contributed by atoms with Crippen LogP contribution < -0.4 is 10.1 Å². The van der Waals surface area contributed by atoms with Gasteiger partial charge >= 0.3 is 0 Å². The predicted molar refractivity (Wildman–Crippen MR) is 66.7 cm³/mol. The molecule has 1 fully saturated rings. The first-order chi connectivity index (χ1) is 7.76. The summed E-state index contributed by atoms with van der Waals surface area (Å²) in [5.74, 6) is 2.57. The molecule has 1 aromatic carbocycles. The first-order valence-corrected chi connectivity index (χ1v) is 6.07. The van der Waals surface area contributed by atoms with Gasteiger partial charge in [-0.05, 0) is 49.4 Å². The van der Waals surface area contributed by atoms with Crippen molar-refractivity contribution in [3.05, 3.63) is 29.8 Å². The fraction of sp³-hybridized carbons (Fsp3) is 0.571. The quantitative estimate of drug-likeness (QED) is 0.822. The Morgan fingerprint density at radius 2 is 1.88 bits per heavy atom. The summed E-state index contributed by atoms with van der Waals surface area (Å²) in [6, 6.07) is 8.88. The van der Waals surface area contributed by atoms with Crippen molar-refractivity contribution < 1.29 is 4.74 Å². The lowest BCUT2D eigenvalue weighted by molar-refractivity contribution is 0.368. The van der Waals surface area contributed by atoms with E-state index in [1.165, 1.54) is 18.4 Å². The maximum absolute atomic E-state index is 5.18. The van der Waals surface area contributed by atoms with Gasteiger partial charge in [-0.25, -0.2) is 0 Å². The normalized spacial score (nSPS) is 19.2. The Balaban J connectivity index is 2.12. The highest BCUT2D eigenvalue weighted by Crippen LogP contribution is 2.42. The fourth-order valence-electron chi connectivity index (χ4n) is 2.44. The van der Waals surface area contributed by atoms with Gasteiger partial charge in [0.15, 0.2) is 0 Å². The zero-order valence-electron chi connectivity index (χ0n) is 10.4. The average molecular weight is 219 g/mol. The maximum Gasteiger partial charge on any atom is 0.118 e. The molecule has 0 amide bonds. The van der Waals surface area contributed by atoms with Gasteiger partial charge < -0.3 is 10.1 Å². The molecule has 88 valence electrons.